The molecule has 114 valence electrons. The maximum Gasteiger partial charge on any atom is 0.109 e. The SMILES string of the molecule is C=C(C)NC1=N/C(C(C)C)=C/NC(C)CC1C(C)CC. The van der Waals surface area contributed by atoms with Crippen LogP contribution in [0.5, 0.6) is 0 Å². The molecule has 0 spiro atoms. The van der Waals surface area contributed by atoms with Crippen molar-refractivity contribution in [2.45, 2.75) is 60.4 Å². The molecular weight excluding hydrogens is 246 g/mol. The van der Waals surface area contributed by atoms with Crippen molar-refractivity contribution in [2.75, 3.05) is 0 Å². The topological polar surface area (TPSA) is 36.4 Å². The van der Waals surface area contributed by atoms with Crippen molar-refractivity contribution in [3.05, 3.63) is 24.2 Å². The molecule has 0 saturated heterocycles. The number of allylic oxidation sites excluding steroid dienone is 2. The fraction of sp³-hybridized carbons (Fsp3) is 0.706. The summed E-state index contributed by atoms with van der Waals surface area (Å²) in [4.78, 5) is 4.90. The lowest BCUT2D eigenvalue weighted by molar-refractivity contribution is 0.371. The summed E-state index contributed by atoms with van der Waals surface area (Å²) in [6.07, 6.45) is 4.33. The van der Waals surface area contributed by atoms with Gasteiger partial charge in [0.25, 0.3) is 0 Å². The van der Waals surface area contributed by atoms with Gasteiger partial charge in [-0.1, -0.05) is 40.7 Å². The number of rotatable bonds is 4. The summed E-state index contributed by atoms with van der Waals surface area (Å²) in [5.74, 6) is 2.55. The predicted molar refractivity (Wildman–Crippen MR) is 88.5 cm³/mol. The van der Waals surface area contributed by atoms with E-state index in [1.165, 1.54) is 0 Å². The number of aliphatic imine (C=N–C) groups is 1. The molecule has 1 heterocycles. The molecule has 0 radical (unpaired) electrons. The maximum atomic E-state index is 4.90. The third-order valence-corrected chi connectivity index (χ3v) is 3.99. The lowest BCUT2D eigenvalue weighted by atomic mass is 9.85. The van der Waals surface area contributed by atoms with Gasteiger partial charge in [-0.3, -0.25) is 0 Å². The first kappa shape index (κ1) is 16.8. The van der Waals surface area contributed by atoms with Gasteiger partial charge in [0, 0.05) is 23.9 Å². The van der Waals surface area contributed by atoms with Crippen LogP contribution in [0.2, 0.25) is 0 Å². The molecule has 3 unspecified atom stereocenters. The van der Waals surface area contributed by atoms with Crippen LogP contribution in [0.4, 0.5) is 0 Å². The van der Waals surface area contributed by atoms with Crippen LogP contribution >= 0.6 is 0 Å². The quantitative estimate of drug-likeness (QED) is 0.813. The van der Waals surface area contributed by atoms with Gasteiger partial charge in [0.2, 0.25) is 0 Å². The van der Waals surface area contributed by atoms with Gasteiger partial charge in [-0.15, -0.1) is 0 Å². The number of nitrogens with zero attached hydrogens (tertiary/aromatic N) is 1. The van der Waals surface area contributed by atoms with Crippen molar-refractivity contribution in [2.24, 2.45) is 22.7 Å². The molecule has 0 fully saturated rings. The molecule has 3 heteroatoms. The Hall–Kier alpha value is -1.25. The van der Waals surface area contributed by atoms with Crippen LogP contribution in [0, 0.1) is 17.8 Å². The van der Waals surface area contributed by atoms with E-state index in [-0.39, 0.29) is 0 Å². The minimum atomic E-state index is 0.410. The van der Waals surface area contributed by atoms with Crippen molar-refractivity contribution < 1.29 is 0 Å². The summed E-state index contributed by atoms with van der Waals surface area (Å²) in [7, 11) is 0. The molecule has 0 aromatic carbocycles. The summed E-state index contributed by atoms with van der Waals surface area (Å²) in [5, 5.41) is 6.89. The van der Waals surface area contributed by atoms with Gasteiger partial charge in [-0.2, -0.15) is 0 Å². The molecule has 1 aliphatic heterocycles. The Morgan fingerprint density at radius 2 is 2.15 bits per heavy atom. The Labute approximate surface area is 124 Å². The molecule has 1 aliphatic rings. The van der Waals surface area contributed by atoms with Gasteiger partial charge in [0.1, 0.15) is 5.84 Å². The zero-order valence-electron chi connectivity index (χ0n) is 14.0. The molecule has 0 aliphatic carbocycles. The van der Waals surface area contributed by atoms with Gasteiger partial charge < -0.3 is 10.6 Å². The Morgan fingerprint density at radius 1 is 1.50 bits per heavy atom. The number of nitrogens with one attached hydrogen (secondary N) is 2. The maximum absolute atomic E-state index is 4.90. The highest BCUT2D eigenvalue weighted by atomic mass is 15.0. The molecule has 3 atom stereocenters. The smallest absolute Gasteiger partial charge is 0.109 e. The fourth-order valence-corrected chi connectivity index (χ4v) is 2.46. The van der Waals surface area contributed by atoms with E-state index in [0.717, 1.165) is 30.1 Å². The second-order valence-electron chi connectivity index (χ2n) is 6.42. The largest absolute Gasteiger partial charge is 0.387 e. The Bertz CT molecular complexity index is 393. The lowest BCUT2D eigenvalue weighted by Crippen LogP contribution is -2.39. The normalized spacial score (nSPS) is 27.6. The van der Waals surface area contributed by atoms with Crippen molar-refractivity contribution in [1.82, 2.24) is 10.6 Å². The van der Waals surface area contributed by atoms with Crippen molar-refractivity contribution in [1.29, 1.82) is 0 Å². The van der Waals surface area contributed by atoms with Gasteiger partial charge in [0.05, 0.1) is 5.70 Å². The van der Waals surface area contributed by atoms with Crippen LogP contribution in [-0.4, -0.2) is 11.9 Å². The molecule has 0 aromatic heterocycles. The van der Waals surface area contributed by atoms with E-state index in [0.29, 0.717) is 23.8 Å². The number of amidine groups is 1. The van der Waals surface area contributed by atoms with E-state index in [1.54, 1.807) is 0 Å². The highest BCUT2D eigenvalue weighted by Gasteiger charge is 2.26. The molecule has 1 rings (SSSR count). The summed E-state index contributed by atoms with van der Waals surface area (Å²) in [5.41, 5.74) is 2.06. The predicted octanol–water partition coefficient (Wildman–Crippen LogP) is 4.05. The summed E-state index contributed by atoms with van der Waals surface area (Å²) >= 11 is 0. The van der Waals surface area contributed by atoms with Gasteiger partial charge in [0.15, 0.2) is 0 Å². The third kappa shape index (κ3) is 4.69. The van der Waals surface area contributed by atoms with Gasteiger partial charge >= 0.3 is 0 Å². The summed E-state index contributed by atoms with van der Waals surface area (Å²) < 4.78 is 0. The van der Waals surface area contributed by atoms with Crippen LogP contribution in [-0.2, 0) is 0 Å². The minimum absolute atomic E-state index is 0.410. The number of hydrogen-bond donors (Lipinski definition) is 2. The van der Waals surface area contributed by atoms with Crippen LogP contribution < -0.4 is 10.6 Å². The van der Waals surface area contributed by atoms with Crippen LogP contribution in [0.1, 0.15) is 54.4 Å². The average molecular weight is 277 g/mol. The lowest BCUT2D eigenvalue weighted by Gasteiger charge is -2.31. The first-order valence-corrected chi connectivity index (χ1v) is 7.82. The second-order valence-corrected chi connectivity index (χ2v) is 6.42. The minimum Gasteiger partial charge on any atom is -0.387 e. The Kier molecular flexibility index (Phi) is 6.31. The van der Waals surface area contributed by atoms with Crippen molar-refractivity contribution >= 4 is 5.84 Å². The monoisotopic (exact) mass is 277 g/mol. The van der Waals surface area contributed by atoms with E-state index in [4.69, 9.17) is 4.99 Å². The summed E-state index contributed by atoms with van der Waals surface area (Å²) in [6.45, 7) is 17.1. The van der Waals surface area contributed by atoms with E-state index < -0.39 is 0 Å². The molecule has 20 heavy (non-hydrogen) atoms. The molecular formula is C17H31N3. The summed E-state index contributed by atoms with van der Waals surface area (Å²) in [6, 6.07) is 0.458. The van der Waals surface area contributed by atoms with Gasteiger partial charge in [-0.25, -0.2) is 4.99 Å². The Balaban J connectivity index is 3.17. The van der Waals surface area contributed by atoms with E-state index in [1.807, 2.05) is 6.92 Å². The third-order valence-electron chi connectivity index (χ3n) is 3.99. The van der Waals surface area contributed by atoms with E-state index in [2.05, 4.69) is 58.0 Å². The highest BCUT2D eigenvalue weighted by molar-refractivity contribution is 5.87. The highest BCUT2D eigenvalue weighted by Crippen LogP contribution is 2.25. The zero-order valence-corrected chi connectivity index (χ0v) is 14.0. The molecule has 0 amide bonds. The van der Waals surface area contributed by atoms with Crippen molar-refractivity contribution in [3.8, 4) is 0 Å². The number of hydrogen-bond acceptors (Lipinski definition) is 3. The molecule has 2 N–H and O–H groups in total. The molecule has 0 aromatic rings. The second kappa shape index (κ2) is 7.51. The van der Waals surface area contributed by atoms with Crippen LogP contribution in [0.3, 0.4) is 0 Å². The molecule has 0 saturated carbocycles. The van der Waals surface area contributed by atoms with Crippen LogP contribution in [0.15, 0.2) is 29.2 Å². The first-order chi connectivity index (χ1) is 9.35. The Morgan fingerprint density at radius 3 is 2.65 bits per heavy atom. The van der Waals surface area contributed by atoms with Crippen LogP contribution in [0.25, 0.3) is 0 Å². The van der Waals surface area contributed by atoms with E-state index in [9.17, 15) is 0 Å². The van der Waals surface area contributed by atoms with Crippen molar-refractivity contribution in [3.63, 3.8) is 0 Å². The fourth-order valence-electron chi connectivity index (χ4n) is 2.46. The molecule has 3 nitrogen and oxygen atoms in total. The molecule has 0 bridgehead atoms. The van der Waals surface area contributed by atoms with E-state index >= 15 is 0 Å². The first-order valence-electron chi connectivity index (χ1n) is 7.82. The van der Waals surface area contributed by atoms with Gasteiger partial charge in [-0.05, 0) is 32.1 Å². The average Bonchev–Trinajstić information content (AvgIpc) is 2.35. The zero-order chi connectivity index (χ0) is 15.3. The standard InChI is InChI=1S/C17H31N3/c1-8-13(6)15-9-14(7)18-10-16(11(2)3)20-17(15)19-12(4)5/h10-11,13-15,18H,4,8-9H2,1-3,5-7H3,(H,19,20)/b16-10+.